The van der Waals surface area contributed by atoms with Crippen molar-refractivity contribution < 1.29 is 4.92 Å². The number of hydrogen-bond donors (Lipinski definition) is 1. The van der Waals surface area contributed by atoms with Gasteiger partial charge < -0.3 is 5.73 Å². The van der Waals surface area contributed by atoms with Gasteiger partial charge in [-0.1, -0.05) is 11.6 Å². The molecule has 1 aromatic heterocycles. The van der Waals surface area contributed by atoms with E-state index in [0.29, 0.717) is 10.6 Å². The van der Waals surface area contributed by atoms with Gasteiger partial charge in [0.1, 0.15) is 0 Å². The van der Waals surface area contributed by atoms with Gasteiger partial charge in [-0.15, -0.1) is 0 Å². The van der Waals surface area contributed by atoms with Crippen LogP contribution in [0.4, 0.5) is 11.6 Å². The highest BCUT2D eigenvalue weighted by molar-refractivity contribution is 6.33. The third-order valence-electron chi connectivity index (χ3n) is 2.35. The van der Waals surface area contributed by atoms with Crippen molar-refractivity contribution in [2.24, 2.45) is 5.10 Å². The molecule has 0 aliphatic heterocycles. The van der Waals surface area contributed by atoms with Gasteiger partial charge in [0.15, 0.2) is 0 Å². The monoisotopic (exact) mass is 279 g/mol. The molecule has 0 aliphatic rings. The van der Waals surface area contributed by atoms with Crippen LogP contribution < -0.4 is 5.73 Å². The molecule has 2 rings (SSSR count). The molecule has 0 atom stereocenters. The Hall–Kier alpha value is -2.41. The maximum absolute atomic E-state index is 10.7. The number of non-ortho nitro benzene ring substituents is 1. The highest BCUT2D eigenvalue weighted by atomic mass is 35.5. The Kier molecular flexibility index (Phi) is 3.48. The fourth-order valence-corrected chi connectivity index (χ4v) is 1.63. The molecule has 2 N–H and O–H groups in total. The number of rotatable bonds is 3. The average Bonchev–Trinajstić information content (AvgIpc) is 2.66. The van der Waals surface area contributed by atoms with E-state index >= 15 is 0 Å². The lowest BCUT2D eigenvalue weighted by Gasteiger charge is -1.99. The summed E-state index contributed by atoms with van der Waals surface area (Å²) in [7, 11) is 0. The minimum atomic E-state index is -0.497. The van der Waals surface area contributed by atoms with Crippen LogP contribution in [0.25, 0.3) is 0 Å². The molecule has 0 saturated heterocycles. The largest absolute Gasteiger partial charge is 0.368 e. The molecule has 0 aliphatic carbocycles. The number of nitrogens with zero attached hydrogens (tertiary/aromatic N) is 4. The molecule has 0 spiro atoms. The number of nitrogen functional groups attached to an aromatic ring is 1. The summed E-state index contributed by atoms with van der Waals surface area (Å²) in [6.07, 6.45) is 3.03. The van der Waals surface area contributed by atoms with Crippen LogP contribution >= 0.6 is 11.6 Å². The number of anilines is 1. The number of benzene rings is 1. The van der Waals surface area contributed by atoms with E-state index in [2.05, 4.69) is 10.1 Å². The van der Waals surface area contributed by atoms with Crippen LogP contribution in [0.3, 0.4) is 0 Å². The van der Waals surface area contributed by atoms with Crippen LogP contribution in [-0.2, 0) is 0 Å². The van der Waals surface area contributed by atoms with Crippen molar-refractivity contribution in [1.82, 2.24) is 9.66 Å². The molecule has 1 heterocycles. The van der Waals surface area contributed by atoms with Gasteiger partial charge in [-0.25, -0.2) is 9.66 Å². The first kappa shape index (κ1) is 13.0. The van der Waals surface area contributed by atoms with E-state index in [0.717, 1.165) is 5.69 Å². The van der Waals surface area contributed by atoms with Crippen LogP contribution in [0.5, 0.6) is 0 Å². The van der Waals surface area contributed by atoms with Crippen molar-refractivity contribution in [2.45, 2.75) is 6.92 Å². The summed E-state index contributed by atoms with van der Waals surface area (Å²) in [4.78, 5) is 14.2. The zero-order valence-corrected chi connectivity index (χ0v) is 10.7. The van der Waals surface area contributed by atoms with Crippen LogP contribution in [0.1, 0.15) is 11.3 Å². The summed E-state index contributed by atoms with van der Waals surface area (Å²) < 4.78 is 1.37. The summed E-state index contributed by atoms with van der Waals surface area (Å²) >= 11 is 5.94. The Balaban J connectivity index is 2.35. The Morgan fingerprint density at radius 3 is 2.89 bits per heavy atom. The number of aryl methyl sites for hydroxylation is 1. The predicted octanol–water partition coefficient (Wildman–Crippen LogP) is 2.22. The van der Waals surface area contributed by atoms with Gasteiger partial charge >= 0.3 is 0 Å². The molecule has 0 amide bonds. The lowest BCUT2D eigenvalue weighted by Crippen LogP contribution is -1.97. The SMILES string of the molecule is Cc1cn(N=Cc2cc([N+](=O)[O-])ccc2Cl)c(N)n1. The van der Waals surface area contributed by atoms with E-state index in [4.69, 9.17) is 17.3 Å². The van der Waals surface area contributed by atoms with E-state index in [9.17, 15) is 10.1 Å². The predicted molar refractivity (Wildman–Crippen MR) is 72.5 cm³/mol. The Bertz CT molecular complexity index is 665. The Labute approximate surface area is 113 Å². The maximum Gasteiger partial charge on any atom is 0.270 e. The minimum Gasteiger partial charge on any atom is -0.368 e. The van der Waals surface area contributed by atoms with E-state index in [1.54, 1.807) is 13.1 Å². The highest BCUT2D eigenvalue weighted by Crippen LogP contribution is 2.20. The summed E-state index contributed by atoms with van der Waals surface area (Å²) in [6.45, 7) is 1.78. The number of nitro benzene ring substituents is 1. The van der Waals surface area contributed by atoms with Gasteiger partial charge in [-0.2, -0.15) is 5.10 Å². The van der Waals surface area contributed by atoms with Crippen molar-refractivity contribution >= 4 is 29.5 Å². The lowest BCUT2D eigenvalue weighted by atomic mass is 10.2. The third-order valence-corrected chi connectivity index (χ3v) is 2.69. The average molecular weight is 280 g/mol. The first-order valence-corrected chi connectivity index (χ1v) is 5.65. The molecule has 2 aromatic rings. The van der Waals surface area contributed by atoms with Crippen molar-refractivity contribution in [3.63, 3.8) is 0 Å². The van der Waals surface area contributed by atoms with E-state index in [1.807, 2.05) is 0 Å². The highest BCUT2D eigenvalue weighted by Gasteiger charge is 2.08. The molecule has 8 heteroatoms. The topological polar surface area (TPSA) is 99.3 Å². The summed E-state index contributed by atoms with van der Waals surface area (Å²) in [5.74, 6) is 0.232. The number of nitro groups is 1. The van der Waals surface area contributed by atoms with Gasteiger partial charge in [0.2, 0.25) is 5.95 Å². The molecule has 0 saturated carbocycles. The normalized spacial score (nSPS) is 11.1. The lowest BCUT2D eigenvalue weighted by molar-refractivity contribution is -0.384. The molecular formula is C11H10ClN5O2. The second-order valence-corrected chi connectivity index (χ2v) is 4.20. The number of halogens is 1. The third kappa shape index (κ3) is 2.89. The van der Waals surface area contributed by atoms with E-state index in [-0.39, 0.29) is 11.6 Å². The van der Waals surface area contributed by atoms with Gasteiger partial charge in [0.05, 0.1) is 23.0 Å². The van der Waals surface area contributed by atoms with Gasteiger partial charge in [0.25, 0.3) is 5.69 Å². The fraction of sp³-hybridized carbons (Fsp3) is 0.0909. The van der Waals surface area contributed by atoms with Crippen molar-refractivity contribution in [2.75, 3.05) is 5.73 Å². The van der Waals surface area contributed by atoms with Crippen LogP contribution in [-0.4, -0.2) is 20.8 Å². The molecule has 0 radical (unpaired) electrons. The summed E-state index contributed by atoms with van der Waals surface area (Å²) in [6, 6.07) is 4.12. The number of nitrogens with two attached hydrogens (primary N) is 1. The molecule has 0 unspecified atom stereocenters. The van der Waals surface area contributed by atoms with Crippen molar-refractivity contribution in [3.8, 4) is 0 Å². The van der Waals surface area contributed by atoms with Crippen LogP contribution in [0.2, 0.25) is 5.02 Å². The molecule has 0 fully saturated rings. The number of aromatic nitrogens is 2. The Morgan fingerprint density at radius 1 is 1.58 bits per heavy atom. The Morgan fingerprint density at radius 2 is 2.32 bits per heavy atom. The maximum atomic E-state index is 10.7. The number of imidazole rings is 1. The zero-order valence-electron chi connectivity index (χ0n) is 9.95. The molecule has 98 valence electrons. The van der Waals surface area contributed by atoms with Gasteiger partial charge in [-0.05, 0) is 13.0 Å². The minimum absolute atomic E-state index is 0.0550. The second kappa shape index (κ2) is 5.07. The fourth-order valence-electron chi connectivity index (χ4n) is 1.46. The zero-order chi connectivity index (χ0) is 14.0. The smallest absolute Gasteiger partial charge is 0.270 e. The van der Waals surface area contributed by atoms with E-state index < -0.39 is 4.92 Å². The molecule has 7 nitrogen and oxygen atoms in total. The summed E-state index contributed by atoms with van der Waals surface area (Å²) in [5.41, 5.74) is 6.72. The van der Waals surface area contributed by atoms with Crippen LogP contribution in [0, 0.1) is 17.0 Å². The first-order chi connectivity index (χ1) is 8.97. The van der Waals surface area contributed by atoms with Crippen molar-refractivity contribution in [1.29, 1.82) is 0 Å². The summed E-state index contributed by atoms with van der Waals surface area (Å²) in [5, 5.41) is 15.1. The van der Waals surface area contributed by atoms with Crippen LogP contribution in [0.15, 0.2) is 29.5 Å². The first-order valence-electron chi connectivity index (χ1n) is 5.27. The molecule has 0 bridgehead atoms. The molecule has 1 aromatic carbocycles. The van der Waals surface area contributed by atoms with Crippen molar-refractivity contribution in [3.05, 3.63) is 50.8 Å². The van der Waals surface area contributed by atoms with E-state index in [1.165, 1.54) is 29.1 Å². The van der Waals surface area contributed by atoms with Gasteiger partial charge in [0, 0.05) is 22.7 Å². The second-order valence-electron chi connectivity index (χ2n) is 3.79. The molecular weight excluding hydrogens is 270 g/mol. The van der Waals surface area contributed by atoms with Gasteiger partial charge in [-0.3, -0.25) is 10.1 Å². The quantitative estimate of drug-likeness (QED) is 0.529. The standard InChI is InChI=1S/C11H10ClN5O2/c1-7-6-16(11(13)15-7)14-5-8-4-9(17(18)19)2-3-10(8)12/h2-6H,1H3,(H2,13,15). The number of hydrogen-bond acceptors (Lipinski definition) is 5. The molecule has 19 heavy (non-hydrogen) atoms.